The summed E-state index contributed by atoms with van der Waals surface area (Å²) in [5, 5.41) is 9.46. The number of thioether (sulfide) groups is 1. The van der Waals surface area contributed by atoms with Crippen LogP contribution in [0.25, 0.3) is 11.4 Å². The molecule has 0 spiro atoms. The van der Waals surface area contributed by atoms with E-state index in [1.807, 2.05) is 0 Å². The average Bonchev–Trinajstić information content (AvgIpc) is 3.20. The molecule has 7 nitrogen and oxygen atoms in total. The van der Waals surface area contributed by atoms with Crippen LogP contribution in [0.1, 0.15) is 12.5 Å². The van der Waals surface area contributed by atoms with E-state index < -0.39 is 28.8 Å². The first-order valence-corrected chi connectivity index (χ1v) is 10.5. The molecule has 0 saturated carbocycles. The van der Waals surface area contributed by atoms with Crippen molar-refractivity contribution in [2.24, 2.45) is 0 Å². The number of carbonyl (C=O) groups is 2. The lowest BCUT2D eigenvalue weighted by Crippen LogP contribution is -2.45. The fourth-order valence-electron chi connectivity index (χ4n) is 3.13. The molecule has 2 aromatic carbocycles. The fourth-order valence-corrected chi connectivity index (χ4v) is 4.04. The maximum Gasteiger partial charge on any atom is 0.416 e. The highest BCUT2D eigenvalue weighted by molar-refractivity contribution is 8.00. The normalized spacial score (nSPS) is 14.7. The van der Waals surface area contributed by atoms with E-state index in [4.69, 9.17) is 11.6 Å². The molecule has 32 heavy (non-hydrogen) atoms. The van der Waals surface area contributed by atoms with E-state index in [1.54, 1.807) is 31.2 Å². The van der Waals surface area contributed by atoms with Gasteiger partial charge in [-0.1, -0.05) is 23.4 Å². The zero-order valence-electron chi connectivity index (χ0n) is 16.4. The van der Waals surface area contributed by atoms with E-state index in [1.165, 1.54) is 11.0 Å². The minimum absolute atomic E-state index is 0.0652. The van der Waals surface area contributed by atoms with Crippen LogP contribution in [-0.2, 0) is 15.8 Å². The van der Waals surface area contributed by atoms with Gasteiger partial charge in [0, 0.05) is 10.6 Å². The van der Waals surface area contributed by atoms with E-state index in [-0.39, 0.29) is 17.9 Å². The molecule has 1 aromatic heterocycles. The minimum atomic E-state index is -4.57. The predicted molar refractivity (Wildman–Crippen MR) is 115 cm³/mol. The molecular formula is C20H15ClF3N5O2S. The third kappa shape index (κ3) is 4.58. The second kappa shape index (κ2) is 8.47. The number of anilines is 2. The molecule has 0 bridgehead atoms. The highest BCUT2D eigenvalue weighted by Crippen LogP contribution is 2.38. The molecule has 2 heterocycles. The van der Waals surface area contributed by atoms with Crippen LogP contribution in [0, 0.1) is 0 Å². The van der Waals surface area contributed by atoms with Crippen molar-refractivity contribution < 1.29 is 22.8 Å². The summed E-state index contributed by atoms with van der Waals surface area (Å²) in [5.74, 6) is -0.541. The number of benzene rings is 2. The van der Waals surface area contributed by atoms with Crippen molar-refractivity contribution in [1.82, 2.24) is 15.2 Å². The highest BCUT2D eigenvalue weighted by atomic mass is 35.5. The lowest BCUT2D eigenvalue weighted by Gasteiger charge is -2.31. The number of halogens is 4. The lowest BCUT2D eigenvalue weighted by molar-refractivity contribution is -0.137. The molecule has 2 N–H and O–H groups in total. The van der Waals surface area contributed by atoms with Gasteiger partial charge in [0.1, 0.15) is 6.54 Å². The van der Waals surface area contributed by atoms with Crippen molar-refractivity contribution in [3.63, 3.8) is 0 Å². The van der Waals surface area contributed by atoms with Crippen LogP contribution in [0.4, 0.5) is 24.5 Å². The van der Waals surface area contributed by atoms with Gasteiger partial charge in [-0.05, 0) is 49.4 Å². The standard InChI is InChI=1S/C20H15ClF3N5O2S/c1-10(32-19-26-17(27-28-19)11-2-5-13(21)6-3-11)18(31)29-9-16(30)25-14-8-12(20(22,23)24)4-7-15(14)29/h2-8,10H,9H2,1H3,(H,25,30)(H,26,27,28). The van der Waals surface area contributed by atoms with Crippen molar-refractivity contribution >= 4 is 46.6 Å². The number of rotatable bonds is 4. The van der Waals surface area contributed by atoms with Gasteiger partial charge in [0.2, 0.25) is 17.0 Å². The smallest absolute Gasteiger partial charge is 0.323 e. The molecule has 0 aliphatic carbocycles. The van der Waals surface area contributed by atoms with Crippen molar-refractivity contribution in [2.75, 3.05) is 16.8 Å². The molecule has 1 atom stereocenters. The summed E-state index contributed by atoms with van der Waals surface area (Å²) in [7, 11) is 0. The van der Waals surface area contributed by atoms with Crippen LogP contribution < -0.4 is 10.2 Å². The van der Waals surface area contributed by atoms with Crippen LogP contribution >= 0.6 is 23.4 Å². The number of carbonyl (C=O) groups excluding carboxylic acids is 2. The van der Waals surface area contributed by atoms with Crippen molar-refractivity contribution in [3.05, 3.63) is 53.1 Å². The van der Waals surface area contributed by atoms with Crippen molar-refractivity contribution in [2.45, 2.75) is 23.5 Å². The molecule has 3 aromatic rings. The van der Waals surface area contributed by atoms with Crippen LogP contribution in [-0.4, -0.2) is 38.8 Å². The van der Waals surface area contributed by atoms with Gasteiger partial charge in [-0.3, -0.25) is 19.6 Å². The SMILES string of the molecule is CC(Sc1n[nH]c(-c2ccc(Cl)cc2)n1)C(=O)N1CC(=O)Nc2cc(C(F)(F)F)ccc21. The topological polar surface area (TPSA) is 91.0 Å². The van der Waals surface area contributed by atoms with Crippen LogP contribution in [0.2, 0.25) is 5.02 Å². The Balaban J connectivity index is 1.52. The van der Waals surface area contributed by atoms with E-state index in [0.717, 1.165) is 29.5 Å². The van der Waals surface area contributed by atoms with Crippen LogP contribution in [0.5, 0.6) is 0 Å². The van der Waals surface area contributed by atoms with E-state index >= 15 is 0 Å². The maximum atomic E-state index is 13.0. The molecule has 0 saturated heterocycles. The number of nitrogens with one attached hydrogen (secondary N) is 2. The summed E-state index contributed by atoms with van der Waals surface area (Å²) in [4.78, 5) is 30.6. The Morgan fingerprint density at radius 3 is 2.62 bits per heavy atom. The largest absolute Gasteiger partial charge is 0.416 e. The van der Waals surface area contributed by atoms with Crippen LogP contribution in [0.15, 0.2) is 47.6 Å². The number of amides is 2. The number of hydrogen-bond acceptors (Lipinski definition) is 5. The summed E-state index contributed by atoms with van der Waals surface area (Å²) in [5.41, 5.74) is -0.0185. The second-order valence-electron chi connectivity index (χ2n) is 6.94. The first kappa shape index (κ1) is 22.2. The van der Waals surface area contributed by atoms with Gasteiger partial charge < -0.3 is 5.32 Å². The summed E-state index contributed by atoms with van der Waals surface area (Å²) in [6.45, 7) is 1.31. The summed E-state index contributed by atoms with van der Waals surface area (Å²) in [6, 6.07) is 9.83. The molecule has 0 fully saturated rings. The number of aromatic nitrogens is 3. The number of H-pyrrole nitrogens is 1. The van der Waals surface area contributed by atoms with Crippen molar-refractivity contribution in [3.8, 4) is 11.4 Å². The first-order chi connectivity index (χ1) is 15.1. The van der Waals surface area contributed by atoms with E-state index in [9.17, 15) is 22.8 Å². The zero-order valence-corrected chi connectivity index (χ0v) is 18.0. The molecule has 1 aliphatic rings. The number of aromatic amines is 1. The number of hydrogen-bond donors (Lipinski definition) is 2. The Bertz CT molecular complexity index is 1180. The van der Waals surface area contributed by atoms with Gasteiger partial charge in [0.25, 0.3) is 0 Å². The molecule has 4 rings (SSSR count). The van der Waals surface area contributed by atoms with E-state index in [2.05, 4.69) is 20.5 Å². The molecule has 12 heteroatoms. The second-order valence-corrected chi connectivity index (χ2v) is 8.68. The van der Waals surface area contributed by atoms with Crippen LogP contribution in [0.3, 0.4) is 0 Å². The lowest BCUT2D eigenvalue weighted by atomic mass is 10.1. The first-order valence-electron chi connectivity index (χ1n) is 9.29. The van der Waals surface area contributed by atoms with Gasteiger partial charge in [0.05, 0.1) is 22.2 Å². The monoisotopic (exact) mass is 481 g/mol. The minimum Gasteiger partial charge on any atom is -0.323 e. The summed E-state index contributed by atoms with van der Waals surface area (Å²) in [6.07, 6.45) is -4.57. The number of alkyl halides is 3. The Morgan fingerprint density at radius 1 is 1.22 bits per heavy atom. The third-order valence-corrected chi connectivity index (χ3v) is 5.87. The Kier molecular flexibility index (Phi) is 5.87. The Hall–Kier alpha value is -3.05. The van der Waals surface area contributed by atoms with E-state index in [0.29, 0.717) is 16.0 Å². The van der Waals surface area contributed by atoms with Gasteiger partial charge in [-0.15, -0.1) is 5.10 Å². The quantitative estimate of drug-likeness (QED) is 0.531. The fraction of sp³-hybridized carbons (Fsp3) is 0.200. The number of nitrogens with zero attached hydrogens (tertiary/aromatic N) is 3. The predicted octanol–water partition coefficient (Wildman–Crippen LogP) is 4.61. The Labute approximate surface area is 189 Å². The van der Waals surface area contributed by atoms with Gasteiger partial charge in [-0.2, -0.15) is 13.2 Å². The molecular weight excluding hydrogens is 467 g/mol. The highest BCUT2D eigenvalue weighted by Gasteiger charge is 2.35. The number of fused-ring (bicyclic) bond motifs is 1. The van der Waals surface area contributed by atoms with Crippen molar-refractivity contribution in [1.29, 1.82) is 0 Å². The third-order valence-electron chi connectivity index (χ3n) is 4.67. The molecule has 1 aliphatic heterocycles. The zero-order chi connectivity index (χ0) is 23.0. The molecule has 1 unspecified atom stereocenters. The molecule has 166 valence electrons. The molecule has 0 radical (unpaired) electrons. The maximum absolute atomic E-state index is 13.0. The average molecular weight is 482 g/mol. The van der Waals surface area contributed by atoms with Gasteiger partial charge >= 0.3 is 6.18 Å². The van der Waals surface area contributed by atoms with Gasteiger partial charge in [-0.25, -0.2) is 4.98 Å². The Morgan fingerprint density at radius 2 is 1.94 bits per heavy atom. The van der Waals surface area contributed by atoms with Gasteiger partial charge in [0.15, 0.2) is 5.82 Å². The summed E-state index contributed by atoms with van der Waals surface area (Å²) < 4.78 is 39.0. The summed E-state index contributed by atoms with van der Waals surface area (Å²) >= 11 is 6.95. The molecule has 2 amide bonds.